The number of benzene rings is 3. The predicted octanol–water partition coefficient (Wildman–Crippen LogP) is 4.67. The van der Waals surface area contributed by atoms with Gasteiger partial charge in [0.2, 0.25) is 11.8 Å². The van der Waals surface area contributed by atoms with Crippen molar-refractivity contribution in [2.45, 2.75) is 4.90 Å². The summed E-state index contributed by atoms with van der Waals surface area (Å²) in [7, 11) is -3.32. The van der Waals surface area contributed by atoms with Crippen molar-refractivity contribution in [2.24, 2.45) is 0 Å². The molecule has 0 saturated carbocycles. The van der Waals surface area contributed by atoms with Crippen LogP contribution < -0.4 is 5.32 Å². The number of sulfone groups is 1. The molecule has 5 rings (SSSR count). The van der Waals surface area contributed by atoms with Gasteiger partial charge in [0.15, 0.2) is 15.0 Å². The van der Waals surface area contributed by atoms with E-state index >= 15 is 0 Å². The number of thiazole rings is 1. The zero-order valence-electron chi connectivity index (χ0n) is 17.2. The molecule has 1 N–H and O–H groups in total. The van der Waals surface area contributed by atoms with Crippen molar-refractivity contribution in [1.29, 1.82) is 0 Å². The van der Waals surface area contributed by atoms with Crippen molar-refractivity contribution in [2.75, 3.05) is 11.6 Å². The molecular formula is C23H16N4O4S2. The van der Waals surface area contributed by atoms with Gasteiger partial charge in [-0.25, -0.2) is 13.4 Å². The quantitative estimate of drug-likeness (QED) is 0.392. The number of rotatable bonds is 5. The zero-order chi connectivity index (χ0) is 23.0. The first-order valence-electron chi connectivity index (χ1n) is 9.78. The van der Waals surface area contributed by atoms with Gasteiger partial charge >= 0.3 is 0 Å². The topological polar surface area (TPSA) is 115 Å². The average molecular weight is 477 g/mol. The van der Waals surface area contributed by atoms with Crippen molar-refractivity contribution in [3.63, 3.8) is 0 Å². The molecule has 0 atom stereocenters. The summed E-state index contributed by atoms with van der Waals surface area (Å²) >= 11 is 1.21. The minimum Gasteiger partial charge on any atom is -0.416 e. The van der Waals surface area contributed by atoms with E-state index in [1.807, 2.05) is 30.3 Å². The number of carbonyl (C=O) groups is 1. The lowest BCUT2D eigenvalue weighted by Crippen LogP contribution is -2.11. The Morgan fingerprint density at radius 1 is 0.909 bits per heavy atom. The molecule has 10 heteroatoms. The highest BCUT2D eigenvalue weighted by Crippen LogP contribution is 2.29. The summed E-state index contributed by atoms with van der Waals surface area (Å²) in [4.78, 5) is 17.2. The Labute approximate surface area is 192 Å². The molecule has 164 valence electrons. The summed E-state index contributed by atoms with van der Waals surface area (Å²) in [6.45, 7) is 0. The molecule has 0 aliphatic carbocycles. The molecular weight excluding hydrogens is 460 g/mol. The van der Waals surface area contributed by atoms with Gasteiger partial charge in [0, 0.05) is 22.9 Å². The zero-order valence-corrected chi connectivity index (χ0v) is 18.9. The Balaban J connectivity index is 1.32. The summed E-state index contributed by atoms with van der Waals surface area (Å²) in [6, 6.07) is 20.9. The monoisotopic (exact) mass is 476 g/mol. The molecule has 1 amide bonds. The van der Waals surface area contributed by atoms with Crippen molar-refractivity contribution < 1.29 is 17.6 Å². The lowest BCUT2D eigenvalue weighted by atomic mass is 10.1. The van der Waals surface area contributed by atoms with E-state index in [1.165, 1.54) is 17.4 Å². The van der Waals surface area contributed by atoms with Crippen LogP contribution in [0.25, 0.3) is 33.1 Å². The van der Waals surface area contributed by atoms with E-state index in [1.54, 1.807) is 36.4 Å². The van der Waals surface area contributed by atoms with Gasteiger partial charge in [0.05, 0.1) is 15.1 Å². The van der Waals surface area contributed by atoms with Gasteiger partial charge in [-0.2, -0.15) is 0 Å². The van der Waals surface area contributed by atoms with Crippen LogP contribution in [-0.4, -0.2) is 35.8 Å². The van der Waals surface area contributed by atoms with Crippen molar-refractivity contribution in [1.82, 2.24) is 15.2 Å². The fourth-order valence-corrected chi connectivity index (χ4v) is 4.78. The van der Waals surface area contributed by atoms with Crippen LogP contribution in [0.1, 0.15) is 10.4 Å². The van der Waals surface area contributed by atoms with E-state index in [-0.39, 0.29) is 10.8 Å². The molecule has 0 aliphatic rings. The molecule has 0 fully saturated rings. The Hall–Kier alpha value is -3.89. The SMILES string of the molecule is CS(=O)(=O)c1ccc2nc(NC(=O)c3ccc(-c4nnc(-c5ccccc5)o4)cc3)sc2c1. The number of amides is 1. The van der Waals surface area contributed by atoms with Crippen molar-refractivity contribution >= 4 is 42.4 Å². The molecule has 2 aromatic heterocycles. The number of aromatic nitrogens is 3. The second-order valence-corrected chi connectivity index (χ2v) is 10.3. The summed E-state index contributed by atoms with van der Waals surface area (Å²) < 4.78 is 29.9. The van der Waals surface area contributed by atoms with Crippen LogP contribution >= 0.6 is 11.3 Å². The second-order valence-electron chi connectivity index (χ2n) is 7.23. The number of fused-ring (bicyclic) bond motifs is 1. The molecule has 5 aromatic rings. The Bertz CT molecular complexity index is 1570. The predicted molar refractivity (Wildman–Crippen MR) is 126 cm³/mol. The van der Waals surface area contributed by atoms with E-state index in [2.05, 4.69) is 20.5 Å². The molecule has 0 aliphatic heterocycles. The first-order valence-corrected chi connectivity index (χ1v) is 12.5. The summed E-state index contributed by atoms with van der Waals surface area (Å²) in [6.07, 6.45) is 1.15. The van der Waals surface area contributed by atoms with Crippen LogP contribution in [0.15, 0.2) is 82.1 Å². The number of nitrogens with one attached hydrogen (secondary N) is 1. The molecule has 0 saturated heterocycles. The van der Waals surface area contributed by atoms with Crippen LogP contribution in [0.3, 0.4) is 0 Å². The summed E-state index contributed by atoms with van der Waals surface area (Å²) in [5, 5.41) is 11.3. The third kappa shape index (κ3) is 4.38. The maximum Gasteiger partial charge on any atom is 0.257 e. The first kappa shape index (κ1) is 21.0. The number of nitrogens with zero attached hydrogens (tertiary/aromatic N) is 3. The van der Waals surface area contributed by atoms with E-state index in [4.69, 9.17) is 4.42 Å². The highest BCUT2D eigenvalue weighted by atomic mass is 32.2. The highest BCUT2D eigenvalue weighted by Gasteiger charge is 2.14. The van der Waals surface area contributed by atoms with Gasteiger partial charge in [-0.05, 0) is 54.6 Å². The fraction of sp³-hybridized carbons (Fsp3) is 0.0435. The average Bonchev–Trinajstić information content (AvgIpc) is 3.46. The molecule has 8 nitrogen and oxygen atoms in total. The Kier molecular flexibility index (Phi) is 5.23. The van der Waals surface area contributed by atoms with Crippen molar-refractivity contribution in [3.8, 4) is 22.9 Å². The lowest BCUT2D eigenvalue weighted by Gasteiger charge is -2.02. The molecule has 0 spiro atoms. The number of anilines is 1. The minimum absolute atomic E-state index is 0.212. The minimum atomic E-state index is -3.32. The largest absolute Gasteiger partial charge is 0.416 e. The molecule has 0 unspecified atom stereocenters. The second kappa shape index (κ2) is 8.23. The van der Waals surface area contributed by atoms with E-state index in [0.29, 0.717) is 38.3 Å². The fourth-order valence-electron chi connectivity index (χ4n) is 3.16. The van der Waals surface area contributed by atoms with Crippen LogP contribution in [0, 0.1) is 0 Å². The number of hydrogen-bond acceptors (Lipinski definition) is 8. The van der Waals surface area contributed by atoms with Gasteiger partial charge < -0.3 is 4.42 Å². The highest BCUT2D eigenvalue weighted by molar-refractivity contribution is 7.90. The van der Waals surface area contributed by atoms with Crippen molar-refractivity contribution in [3.05, 3.63) is 78.4 Å². The standard InChI is InChI=1S/C23H16N4O4S2/c1-33(29,30)17-11-12-18-19(13-17)32-23(24-18)25-20(28)14-7-9-16(10-8-14)22-27-26-21(31-22)15-5-3-2-4-6-15/h2-13H,1H3,(H,24,25,28). The van der Waals surface area contributed by atoms with Gasteiger partial charge in [-0.1, -0.05) is 29.5 Å². The number of hydrogen-bond donors (Lipinski definition) is 1. The van der Waals surface area contributed by atoms with Gasteiger partial charge in [-0.15, -0.1) is 10.2 Å². The van der Waals surface area contributed by atoms with Crippen LogP contribution in [-0.2, 0) is 9.84 Å². The normalized spacial score (nSPS) is 11.5. The van der Waals surface area contributed by atoms with E-state index in [9.17, 15) is 13.2 Å². The van der Waals surface area contributed by atoms with Crippen LogP contribution in [0.2, 0.25) is 0 Å². The van der Waals surface area contributed by atoms with Crippen LogP contribution in [0.4, 0.5) is 5.13 Å². The maximum atomic E-state index is 12.7. The van der Waals surface area contributed by atoms with Gasteiger partial charge in [-0.3, -0.25) is 10.1 Å². The van der Waals surface area contributed by atoms with Gasteiger partial charge in [0.1, 0.15) is 0 Å². The third-order valence-corrected chi connectivity index (χ3v) is 6.89. The number of carbonyl (C=O) groups excluding carboxylic acids is 1. The maximum absolute atomic E-state index is 12.7. The molecule has 33 heavy (non-hydrogen) atoms. The smallest absolute Gasteiger partial charge is 0.257 e. The van der Waals surface area contributed by atoms with Crippen LogP contribution in [0.5, 0.6) is 0 Å². The molecule has 2 heterocycles. The summed E-state index contributed by atoms with van der Waals surface area (Å²) in [5.41, 5.74) is 2.56. The van der Waals surface area contributed by atoms with E-state index < -0.39 is 9.84 Å². The third-order valence-electron chi connectivity index (χ3n) is 4.85. The Morgan fingerprint density at radius 2 is 1.58 bits per heavy atom. The first-order chi connectivity index (χ1) is 15.9. The lowest BCUT2D eigenvalue weighted by molar-refractivity contribution is 0.102. The summed E-state index contributed by atoms with van der Waals surface area (Å²) in [5.74, 6) is 0.440. The molecule has 0 radical (unpaired) electrons. The molecule has 0 bridgehead atoms. The van der Waals surface area contributed by atoms with Gasteiger partial charge in [0.25, 0.3) is 5.91 Å². The Morgan fingerprint density at radius 3 is 2.24 bits per heavy atom. The molecule has 3 aromatic carbocycles. The van der Waals surface area contributed by atoms with E-state index in [0.717, 1.165) is 11.8 Å².